The quantitative estimate of drug-likeness (QED) is 0.405. The van der Waals surface area contributed by atoms with Gasteiger partial charge in [-0.05, 0) is 37.0 Å². The lowest BCUT2D eigenvalue weighted by Crippen LogP contribution is -2.40. The largest absolute Gasteiger partial charge is 0.496 e. The Hall–Kier alpha value is -2.15. The molecule has 1 saturated heterocycles. The topological polar surface area (TPSA) is 54.7 Å². The predicted octanol–water partition coefficient (Wildman–Crippen LogP) is 3.61. The molecule has 1 N–H and O–H groups in total. The van der Waals surface area contributed by atoms with Gasteiger partial charge in [-0.15, -0.1) is 11.8 Å². The van der Waals surface area contributed by atoms with Gasteiger partial charge in [0.05, 0.1) is 13.3 Å². The van der Waals surface area contributed by atoms with Crippen molar-refractivity contribution in [3.8, 4) is 5.75 Å². The first-order valence-electron chi connectivity index (χ1n) is 10.4. The highest BCUT2D eigenvalue weighted by Gasteiger charge is 2.27. The van der Waals surface area contributed by atoms with Gasteiger partial charge in [0.2, 0.25) is 0 Å². The van der Waals surface area contributed by atoms with Crippen LogP contribution in [0.15, 0.2) is 46.5 Å². The number of hydrogen-bond acceptors (Lipinski definition) is 4. The van der Waals surface area contributed by atoms with Crippen molar-refractivity contribution in [2.75, 3.05) is 39.0 Å². The number of aryl methyl sites for hydroxylation is 1. The zero-order chi connectivity index (χ0) is 20.6. The average molecular weight is 416 g/mol. The third kappa shape index (κ3) is 5.92. The van der Waals surface area contributed by atoms with E-state index in [1.54, 1.807) is 7.11 Å². The molecule has 0 aliphatic carbocycles. The van der Waals surface area contributed by atoms with Crippen LogP contribution in [0.4, 0.5) is 0 Å². The molecule has 2 aromatic rings. The predicted molar refractivity (Wildman–Crippen MR) is 121 cm³/mol. The first kappa shape index (κ1) is 21.6. The monoisotopic (exact) mass is 415 g/mol. The first-order valence-corrected chi connectivity index (χ1v) is 11.4. The summed E-state index contributed by atoms with van der Waals surface area (Å²) in [4.78, 5) is 8.53. The molecule has 6 nitrogen and oxygen atoms in total. The van der Waals surface area contributed by atoms with Crippen molar-refractivity contribution in [3.05, 3.63) is 42.2 Å². The Kier molecular flexibility index (Phi) is 7.86. The number of para-hydroxylation sites is 1. The molecular formula is C22H33N5OS. The average Bonchev–Trinajstić information content (AvgIpc) is 3.39. The SMILES string of the molecule is CCNC(=NCC(C)CSc1ccccc1OC)N1CCC(c2cnn(C)c2)C1. The van der Waals surface area contributed by atoms with Gasteiger partial charge in [-0.2, -0.15) is 5.10 Å². The fraction of sp³-hybridized carbons (Fsp3) is 0.545. The minimum atomic E-state index is 0.482. The van der Waals surface area contributed by atoms with E-state index in [0.29, 0.717) is 11.8 Å². The second kappa shape index (κ2) is 10.6. The molecule has 1 fully saturated rings. The van der Waals surface area contributed by atoms with Gasteiger partial charge >= 0.3 is 0 Å². The molecule has 0 amide bonds. The highest BCUT2D eigenvalue weighted by Crippen LogP contribution is 2.30. The van der Waals surface area contributed by atoms with Crippen LogP contribution in [-0.4, -0.2) is 59.7 Å². The molecule has 2 heterocycles. The third-order valence-corrected chi connectivity index (χ3v) is 6.55. The molecule has 0 spiro atoms. The molecule has 0 radical (unpaired) electrons. The Balaban J connectivity index is 1.54. The van der Waals surface area contributed by atoms with E-state index in [-0.39, 0.29) is 0 Å². The van der Waals surface area contributed by atoms with E-state index in [0.717, 1.165) is 50.1 Å². The highest BCUT2D eigenvalue weighted by atomic mass is 32.2. The van der Waals surface area contributed by atoms with Crippen LogP contribution in [0.5, 0.6) is 5.75 Å². The van der Waals surface area contributed by atoms with E-state index < -0.39 is 0 Å². The van der Waals surface area contributed by atoms with Crippen LogP contribution < -0.4 is 10.1 Å². The maximum absolute atomic E-state index is 5.45. The molecule has 1 aromatic carbocycles. The van der Waals surface area contributed by atoms with Crippen LogP contribution in [0.2, 0.25) is 0 Å². The van der Waals surface area contributed by atoms with E-state index in [4.69, 9.17) is 9.73 Å². The molecule has 2 atom stereocenters. The summed E-state index contributed by atoms with van der Waals surface area (Å²) in [5, 5.41) is 7.80. The number of ether oxygens (including phenoxy) is 1. The normalized spacial score (nSPS) is 18.1. The Labute approximate surface area is 178 Å². The Morgan fingerprint density at radius 1 is 1.41 bits per heavy atom. The molecule has 29 heavy (non-hydrogen) atoms. The standard InChI is InChI=1S/C22H33N5OS/c1-5-23-22(27-11-10-18(15-27)19-13-25-26(3)14-19)24-12-17(2)16-29-21-9-7-6-8-20(21)28-4/h6-9,13-14,17-18H,5,10-12,15-16H2,1-4H3,(H,23,24). The molecule has 2 unspecified atom stereocenters. The highest BCUT2D eigenvalue weighted by molar-refractivity contribution is 7.99. The van der Waals surface area contributed by atoms with Crippen molar-refractivity contribution in [3.63, 3.8) is 0 Å². The number of methoxy groups -OCH3 is 1. The number of likely N-dealkylation sites (tertiary alicyclic amines) is 1. The Bertz CT molecular complexity index is 806. The summed E-state index contributed by atoms with van der Waals surface area (Å²) in [5.74, 6) is 4.01. The number of thioether (sulfide) groups is 1. The van der Waals surface area contributed by atoms with Crippen molar-refractivity contribution >= 4 is 17.7 Å². The molecule has 158 valence electrons. The smallest absolute Gasteiger partial charge is 0.193 e. The lowest BCUT2D eigenvalue weighted by Gasteiger charge is -2.22. The lowest BCUT2D eigenvalue weighted by molar-refractivity contribution is 0.405. The van der Waals surface area contributed by atoms with Crippen LogP contribution in [0.1, 0.15) is 31.7 Å². The van der Waals surface area contributed by atoms with E-state index in [1.807, 2.05) is 41.8 Å². The zero-order valence-electron chi connectivity index (χ0n) is 18.0. The van der Waals surface area contributed by atoms with Crippen LogP contribution in [0.3, 0.4) is 0 Å². The van der Waals surface area contributed by atoms with E-state index in [9.17, 15) is 0 Å². The van der Waals surface area contributed by atoms with Crippen LogP contribution >= 0.6 is 11.8 Å². The summed E-state index contributed by atoms with van der Waals surface area (Å²) in [6, 6.07) is 8.20. The van der Waals surface area contributed by atoms with Gasteiger partial charge < -0.3 is 15.0 Å². The molecule has 3 rings (SSSR count). The maximum atomic E-state index is 5.45. The van der Waals surface area contributed by atoms with Gasteiger partial charge in [0.15, 0.2) is 5.96 Å². The zero-order valence-corrected chi connectivity index (χ0v) is 18.8. The second-order valence-corrected chi connectivity index (χ2v) is 8.70. The summed E-state index contributed by atoms with van der Waals surface area (Å²) in [6.45, 7) is 8.14. The van der Waals surface area contributed by atoms with Gasteiger partial charge in [0.1, 0.15) is 5.75 Å². The van der Waals surface area contributed by atoms with Crippen molar-refractivity contribution in [1.29, 1.82) is 0 Å². The number of nitrogens with one attached hydrogen (secondary N) is 1. The van der Waals surface area contributed by atoms with Gasteiger partial charge in [0.25, 0.3) is 0 Å². The van der Waals surface area contributed by atoms with Crippen LogP contribution in [0.25, 0.3) is 0 Å². The molecule has 1 aliphatic heterocycles. The molecule has 0 saturated carbocycles. The summed E-state index contributed by atoms with van der Waals surface area (Å²) >= 11 is 1.84. The maximum Gasteiger partial charge on any atom is 0.193 e. The summed E-state index contributed by atoms with van der Waals surface area (Å²) in [7, 11) is 3.71. The fourth-order valence-corrected chi connectivity index (χ4v) is 4.60. The van der Waals surface area contributed by atoms with Crippen molar-refractivity contribution in [1.82, 2.24) is 20.0 Å². The minimum Gasteiger partial charge on any atom is -0.496 e. The molecule has 7 heteroatoms. The fourth-order valence-electron chi connectivity index (χ4n) is 3.57. The summed E-state index contributed by atoms with van der Waals surface area (Å²) in [5.41, 5.74) is 1.33. The number of rotatable bonds is 8. The lowest BCUT2D eigenvalue weighted by atomic mass is 10.0. The van der Waals surface area contributed by atoms with Crippen molar-refractivity contribution in [2.24, 2.45) is 18.0 Å². The number of aromatic nitrogens is 2. The van der Waals surface area contributed by atoms with Gasteiger partial charge in [0, 0.05) is 56.0 Å². The van der Waals surface area contributed by atoms with Crippen LogP contribution in [-0.2, 0) is 7.05 Å². The number of hydrogen-bond donors (Lipinski definition) is 1. The third-order valence-electron chi connectivity index (χ3n) is 5.16. The summed E-state index contributed by atoms with van der Waals surface area (Å²) < 4.78 is 7.34. The van der Waals surface area contributed by atoms with Crippen molar-refractivity contribution in [2.45, 2.75) is 31.1 Å². The Morgan fingerprint density at radius 3 is 2.97 bits per heavy atom. The van der Waals surface area contributed by atoms with E-state index in [2.05, 4.69) is 47.5 Å². The second-order valence-electron chi connectivity index (χ2n) is 7.64. The number of benzene rings is 1. The van der Waals surface area contributed by atoms with E-state index in [1.165, 1.54) is 10.5 Å². The molecule has 0 bridgehead atoms. The van der Waals surface area contributed by atoms with Gasteiger partial charge in [-0.25, -0.2) is 0 Å². The summed E-state index contributed by atoms with van der Waals surface area (Å²) in [6.07, 6.45) is 5.28. The minimum absolute atomic E-state index is 0.482. The number of aliphatic imine (C=N–C) groups is 1. The molecule has 1 aliphatic rings. The van der Waals surface area contributed by atoms with Gasteiger partial charge in [-0.3, -0.25) is 9.67 Å². The molecule has 1 aromatic heterocycles. The molecular weight excluding hydrogens is 382 g/mol. The van der Waals surface area contributed by atoms with E-state index >= 15 is 0 Å². The van der Waals surface area contributed by atoms with Gasteiger partial charge in [-0.1, -0.05) is 19.1 Å². The van der Waals surface area contributed by atoms with Crippen molar-refractivity contribution < 1.29 is 4.74 Å². The first-order chi connectivity index (χ1) is 14.1. The Morgan fingerprint density at radius 2 is 2.24 bits per heavy atom. The number of guanidine groups is 1. The van der Waals surface area contributed by atoms with Crippen LogP contribution in [0, 0.1) is 5.92 Å². The number of nitrogens with zero attached hydrogens (tertiary/aromatic N) is 4.